The Morgan fingerprint density at radius 3 is 2.62 bits per heavy atom. The van der Waals surface area contributed by atoms with Gasteiger partial charge in [0.2, 0.25) is 11.8 Å². The van der Waals surface area contributed by atoms with Crippen LogP contribution in [0, 0.1) is 5.41 Å². The van der Waals surface area contributed by atoms with E-state index in [0.29, 0.717) is 11.3 Å². The zero-order chi connectivity index (χ0) is 18.2. The van der Waals surface area contributed by atoms with Crippen LogP contribution in [-0.4, -0.2) is 36.3 Å². The van der Waals surface area contributed by atoms with Gasteiger partial charge in [-0.3, -0.25) is 15.0 Å². The third-order valence-corrected chi connectivity index (χ3v) is 4.35. The lowest BCUT2D eigenvalue weighted by Crippen LogP contribution is -2.49. The predicted molar refractivity (Wildman–Crippen MR) is 106 cm³/mol. The maximum Gasteiger partial charge on any atom is 0.242 e. The van der Waals surface area contributed by atoms with Crippen LogP contribution in [-0.2, 0) is 9.59 Å². The average molecular weight is 382 g/mol. The molecule has 2 rings (SSSR count). The summed E-state index contributed by atoms with van der Waals surface area (Å²) in [6, 6.07) is 6.64. The minimum Gasteiger partial charge on any atom is -0.384 e. The molecule has 0 aromatic heterocycles. The lowest BCUT2D eigenvalue weighted by Gasteiger charge is -2.24. The van der Waals surface area contributed by atoms with Gasteiger partial charge >= 0.3 is 0 Å². The molecule has 26 heavy (non-hydrogen) atoms. The minimum absolute atomic E-state index is 0. The fraction of sp³-hybridized carbons (Fsp3) is 0.500. The molecule has 0 saturated heterocycles. The number of rotatable bonds is 7. The topological polar surface area (TPSA) is 120 Å². The van der Waals surface area contributed by atoms with Crippen LogP contribution < -0.4 is 21.7 Å². The first-order valence-corrected chi connectivity index (χ1v) is 8.74. The molecule has 7 nitrogen and oxygen atoms in total. The third kappa shape index (κ3) is 6.92. The summed E-state index contributed by atoms with van der Waals surface area (Å²) in [5.74, 6) is -0.431. The number of carbonyl (C=O) groups is 2. The Kier molecular flexibility index (Phi) is 8.92. The summed E-state index contributed by atoms with van der Waals surface area (Å²) < 4.78 is 0. The summed E-state index contributed by atoms with van der Waals surface area (Å²) in [7, 11) is 0. The van der Waals surface area contributed by atoms with Gasteiger partial charge in [0.25, 0.3) is 0 Å². The fourth-order valence-electron chi connectivity index (χ4n) is 2.91. The van der Waals surface area contributed by atoms with Gasteiger partial charge in [0.1, 0.15) is 11.9 Å². The molecule has 144 valence electrons. The molecule has 8 heteroatoms. The van der Waals surface area contributed by atoms with Crippen molar-refractivity contribution in [1.82, 2.24) is 10.6 Å². The first-order chi connectivity index (χ1) is 12.0. The minimum atomic E-state index is -0.570. The van der Waals surface area contributed by atoms with Gasteiger partial charge in [-0.2, -0.15) is 0 Å². The van der Waals surface area contributed by atoms with Crippen molar-refractivity contribution in [3.63, 3.8) is 0 Å². The van der Waals surface area contributed by atoms with E-state index in [0.717, 1.165) is 25.7 Å². The van der Waals surface area contributed by atoms with Gasteiger partial charge in [-0.05, 0) is 31.9 Å². The van der Waals surface area contributed by atoms with Gasteiger partial charge in [-0.1, -0.05) is 31.4 Å². The van der Waals surface area contributed by atoms with E-state index in [2.05, 4.69) is 16.0 Å². The van der Waals surface area contributed by atoms with Crippen LogP contribution in [0.5, 0.6) is 0 Å². The van der Waals surface area contributed by atoms with Crippen molar-refractivity contribution in [2.45, 2.75) is 51.1 Å². The van der Waals surface area contributed by atoms with Crippen molar-refractivity contribution in [1.29, 1.82) is 5.41 Å². The Morgan fingerprint density at radius 2 is 1.96 bits per heavy atom. The van der Waals surface area contributed by atoms with E-state index < -0.39 is 6.04 Å². The molecular weight excluding hydrogens is 354 g/mol. The van der Waals surface area contributed by atoms with Crippen molar-refractivity contribution in [2.24, 2.45) is 5.73 Å². The molecule has 1 aromatic carbocycles. The van der Waals surface area contributed by atoms with Gasteiger partial charge in [0.05, 0.1) is 6.54 Å². The molecule has 1 fully saturated rings. The van der Waals surface area contributed by atoms with Crippen molar-refractivity contribution in [3.05, 3.63) is 29.8 Å². The van der Waals surface area contributed by atoms with E-state index in [1.807, 2.05) is 0 Å². The number of hydrogen-bond donors (Lipinski definition) is 5. The molecule has 0 heterocycles. The lowest BCUT2D eigenvalue weighted by molar-refractivity contribution is -0.128. The lowest BCUT2D eigenvalue weighted by atomic mass is 9.95. The smallest absolute Gasteiger partial charge is 0.242 e. The maximum atomic E-state index is 12.2. The summed E-state index contributed by atoms with van der Waals surface area (Å²) in [6.07, 6.45) is 5.56. The number of nitrogens with two attached hydrogens (primary N) is 1. The largest absolute Gasteiger partial charge is 0.384 e. The highest BCUT2D eigenvalue weighted by Gasteiger charge is 2.20. The Balaban J connectivity index is 0.00000338. The van der Waals surface area contributed by atoms with Gasteiger partial charge in [-0.25, -0.2) is 0 Å². The number of halogens is 1. The van der Waals surface area contributed by atoms with Gasteiger partial charge in [-0.15, -0.1) is 12.4 Å². The van der Waals surface area contributed by atoms with E-state index in [1.54, 1.807) is 31.2 Å². The molecule has 1 atom stereocenters. The van der Waals surface area contributed by atoms with Gasteiger partial charge in [0.15, 0.2) is 0 Å². The molecule has 6 N–H and O–H groups in total. The van der Waals surface area contributed by atoms with E-state index in [4.69, 9.17) is 11.1 Å². The quantitative estimate of drug-likeness (QED) is 0.365. The second kappa shape index (κ2) is 10.7. The van der Waals surface area contributed by atoms with Gasteiger partial charge < -0.3 is 21.7 Å². The van der Waals surface area contributed by atoms with E-state index in [9.17, 15) is 9.59 Å². The van der Waals surface area contributed by atoms with Gasteiger partial charge in [0, 0.05) is 17.3 Å². The number of nitrogens with one attached hydrogen (secondary N) is 4. The first kappa shape index (κ1) is 21.8. The van der Waals surface area contributed by atoms with Crippen LogP contribution in [0.2, 0.25) is 0 Å². The number of anilines is 1. The maximum absolute atomic E-state index is 12.2. The molecule has 1 aliphatic carbocycles. The molecule has 0 bridgehead atoms. The Labute approximate surface area is 160 Å². The summed E-state index contributed by atoms with van der Waals surface area (Å²) >= 11 is 0. The Hall–Kier alpha value is -2.28. The van der Waals surface area contributed by atoms with Crippen LogP contribution in [0.15, 0.2) is 24.3 Å². The van der Waals surface area contributed by atoms with Crippen LogP contribution in [0.25, 0.3) is 0 Å². The molecule has 1 aromatic rings. The summed E-state index contributed by atoms with van der Waals surface area (Å²) in [5.41, 5.74) is 6.73. The zero-order valence-corrected chi connectivity index (χ0v) is 15.8. The normalized spacial score (nSPS) is 15.3. The molecule has 0 radical (unpaired) electrons. The summed E-state index contributed by atoms with van der Waals surface area (Å²) in [4.78, 5) is 24.2. The standard InChI is InChI=1S/C18H27N5O2.ClH/c1-12(18(25)23-14-7-3-2-4-8-14)22-16(24)11-21-15-9-5-6-13(10-15)17(19)20;/h5-6,9-10,12,14,21H,2-4,7-8,11H2,1H3,(H3,19,20)(H,22,24)(H,23,25);1H. The average Bonchev–Trinajstić information content (AvgIpc) is 2.61. The molecule has 1 unspecified atom stereocenters. The highest BCUT2D eigenvalue weighted by Crippen LogP contribution is 2.17. The molecule has 1 saturated carbocycles. The molecular formula is C18H28ClN5O2. The number of benzene rings is 1. The van der Waals surface area contributed by atoms with Crippen molar-refractivity contribution < 1.29 is 9.59 Å². The van der Waals surface area contributed by atoms with Crippen LogP contribution in [0.4, 0.5) is 5.69 Å². The first-order valence-electron chi connectivity index (χ1n) is 8.74. The van der Waals surface area contributed by atoms with Crippen LogP contribution >= 0.6 is 12.4 Å². The Bertz CT molecular complexity index is 632. The molecule has 1 aliphatic rings. The molecule has 2 amide bonds. The molecule has 0 aliphatic heterocycles. The monoisotopic (exact) mass is 381 g/mol. The molecule has 0 spiro atoms. The van der Waals surface area contributed by atoms with E-state index in [1.165, 1.54) is 6.42 Å². The SMILES string of the molecule is CC(NC(=O)CNc1cccc(C(=N)N)c1)C(=O)NC1CCCCC1.Cl. The van der Waals surface area contributed by atoms with E-state index >= 15 is 0 Å². The van der Waals surface area contributed by atoms with Crippen LogP contribution in [0.3, 0.4) is 0 Å². The second-order valence-electron chi connectivity index (χ2n) is 6.48. The number of amides is 2. The summed E-state index contributed by atoms with van der Waals surface area (Å²) in [5, 5.41) is 16.1. The highest BCUT2D eigenvalue weighted by molar-refractivity contribution is 5.96. The zero-order valence-electron chi connectivity index (χ0n) is 15.0. The predicted octanol–water partition coefficient (Wildman–Crippen LogP) is 1.76. The van der Waals surface area contributed by atoms with Crippen molar-refractivity contribution in [3.8, 4) is 0 Å². The Morgan fingerprint density at radius 1 is 1.27 bits per heavy atom. The number of hydrogen-bond acceptors (Lipinski definition) is 4. The highest BCUT2D eigenvalue weighted by atomic mass is 35.5. The third-order valence-electron chi connectivity index (χ3n) is 4.35. The summed E-state index contributed by atoms with van der Waals surface area (Å²) in [6.45, 7) is 1.73. The second-order valence-corrected chi connectivity index (χ2v) is 6.48. The van der Waals surface area contributed by atoms with E-state index in [-0.39, 0.29) is 42.6 Å². The fourth-order valence-corrected chi connectivity index (χ4v) is 2.91. The van der Waals surface area contributed by atoms with Crippen molar-refractivity contribution >= 4 is 35.7 Å². The van der Waals surface area contributed by atoms with Crippen molar-refractivity contribution in [2.75, 3.05) is 11.9 Å². The number of amidine groups is 1. The number of carbonyl (C=O) groups excluding carboxylic acids is 2. The van der Waals surface area contributed by atoms with Crippen LogP contribution in [0.1, 0.15) is 44.6 Å². The number of nitrogen functional groups attached to an aromatic ring is 1.